The van der Waals surface area contributed by atoms with Gasteiger partial charge in [0.1, 0.15) is 5.75 Å². The monoisotopic (exact) mass is 408 g/mol. The molecule has 2 rings (SSSR count). The molecular formula is C21H23ClF2N2O2. The third-order valence-electron chi connectivity index (χ3n) is 4.02. The molecule has 150 valence electrons. The number of hydrogen-bond donors (Lipinski definition) is 1. The second-order valence-electron chi connectivity index (χ2n) is 6.80. The highest BCUT2D eigenvalue weighted by atomic mass is 35.5. The number of nitrogens with zero attached hydrogens (tertiary/aromatic N) is 1. The van der Waals surface area contributed by atoms with Crippen LogP contribution in [0, 0.1) is 5.92 Å². The third kappa shape index (κ3) is 5.76. The second kappa shape index (κ2) is 9.15. The van der Waals surface area contributed by atoms with Crippen LogP contribution in [0.15, 0.2) is 42.6 Å². The zero-order valence-corrected chi connectivity index (χ0v) is 16.9. The van der Waals surface area contributed by atoms with Gasteiger partial charge in [-0.3, -0.25) is 4.79 Å². The van der Waals surface area contributed by atoms with E-state index < -0.39 is 11.8 Å². The molecular weight excluding hydrogens is 386 g/mol. The molecule has 4 nitrogen and oxygen atoms in total. The van der Waals surface area contributed by atoms with E-state index in [1.807, 2.05) is 19.1 Å². The SMILES string of the molecule is CC(=O)N[C@@H](C)/C=C/c1ccc(Oc2ccc(C(F)(F)C(C)C)cc2Cl)nc1. The molecule has 28 heavy (non-hydrogen) atoms. The predicted molar refractivity (Wildman–Crippen MR) is 107 cm³/mol. The molecule has 1 heterocycles. The molecule has 7 heteroatoms. The molecule has 1 N–H and O–H groups in total. The predicted octanol–water partition coefficient (Wildman–Crippen LogP) is 5.81. The molecule has 0 aliphatic heterocycles. The maximum Gasteiger partial charge on any atom is 0.275 e. The standard InChI is InChI=1S/C21H23ClF2N2O2/c1-13(2)21(23,24)17-8-9-19(18(22)11-17)28-20-10-7-16(12-25-20)6-5-14(3)26-15(4)27/h5-14H,1-4H3,(H,26,27)/b6-5+/t14-/m0/s1. The van der Waals surface area contributed by atoms with E-state index in [0.29, 0.717) is 0 Å². The molecule has 1 aromatic carbocycles. The van der Waals surface area contributed by atoms with Crippen LogP contribution in [0.2, 0.25) is 5.02 Å². The van der Waals surface area contributed by atoms with Crippen molar-refractivity contribution in [2.45, 2.75) is 39.7 Å². The number of aromatic nitrogens is 1. The third-order valence-corrected chi connectivity index (χ3v) is 4.32. The summed E-state index contributed by atoms with van der Waals surface area (Å²) in [4.78, 5) is 15.2. The minimum atomic E-state index is -2.97. The Hall–Kier alpha value is -2.47. The van der Waals surface area contributed by atoms with E-state index in [9.17, 15) is 13.6 Å². The minimum Gasteiger partial charge on any atom is -0.437 e. The lowest BCUT2D eigenvalue weighted by molar-refractivity contribution is -0.119. The Morgan fingerprint density at radius 2 is 1.96 bits per heavy atom. The highest BCUT2D eigenvalue weighted by Crippen LogP contribution is 2.39. The number of hydrogen-bond acceptors (Lipinski definition) is 3. The molecule has 0 aliphatic rings. The van der Waals surface area contributed by atoms with Crippen molar-refractivity contribution in [3.05, 3.63) is 58.8 Å². The van der Waals surface area contributed by atoms with Crippen LogP contribution in [0.25, 0.3) is 6.08 Å². The summed E-state index contributed by atoms with van der Waals surface area (Å²) < 4.78 is 33.8. The molecule has 0 aliphatic carbocycles. The summed E-state index contributed by atoms with van der Waals surface area (Å²) in [5.74, 6) is -3.38. The number of nitrogens with one attached hydrogen (secondary N) is 1. The Morgan fingerprint density at radius 1 is 1.25 bits per heavy atom. The lowest BCUT2D eigenvalue weighted by atomic mass is 9.98. The quantitative estimate of drug-likeness (QED) is 0.628. The van der Waals surface area contributed by atoms with Crippen molar-refractivity contribution in [2.24, 2.45) is 5.92 Å². The first-order chi connectivity index (χ1) is 13.1. The topological polar surface area (TPSA) is 51.2 Å². The Balaban J connectivity index is 2.08. The van der Waals surface area contributed by atoms with Crippen molar-refractivity contribution in [2.75, 3.05) is 0 Å². The van der Waals surface area contributed by atoms with Crippen LogP contribution in [-0.4, -0.2) is 16.9 Å². The average molecular weight is 409 g/mol. The van der Waals surface area contributed by atoms with Gasteiger partial charge in [-0.2, -0.15) is 0 Å². The van der Waals surface area contributed by atoms with E-state index >= 15 is 0 Å². The summed E-state index contributed by atoms with van der Waals surface area (Å²) in [5, 5.41) is 2.84. The minimum absolute atomic E-state index is 0.0905. The molecule has 0 radical (unpaired) electrons. The summed E-state index contributed by atoms with van der Waals surface area (Å²) in [6, 6.07) is 7.27. The van der Waals surface area contributed by atoms with E-state index in [1.54, 1.807) is 18.3 Å². The first-order valence-electron chi connectivity index (χ1n) is 8.86. The number of benzene rings is 1. The van der Waals surface area contributed by atoms with Crippen molar-refractivity contribution in [1.29, 1.82) is 0 Å². The summed E-state index contributed by atoms with van der Waals surface area (Å²) in [6.07, 6.45) is 5.26. The molecule has 0 saturated carbocycles. The average Bonchev–Trinajstić information content (AvgIpc) is 2.62. The maximum absolute atomic E-state index is 14.1. The van der Waals surface area contributed by atoms with Gasteiger partial charge in [-0.05, 0) is 36.8 Å². The summed E-state index contributed by atoms with van der Waals surface area (Å²) in [7, 11) is 0. The van der Waals surface area contributed by atoms with Crippen LogP contribution in [0.3, 0.4) is 0 Å². The molecule has 1 amide bonds. The fraction of sp³-hybridized carbons (Fsp3) is 0.333. The van der Waals surface area contributed by atoms with Crippen LogP contribution in [0.5, 0.6) is 11.6 Å². The smallest absolute Gasteiger partial charge is 0.275 e. The summed E-state index contributed by atoms with van der Waals surface area (Å²) in [6.45, 7) is 6.22. The molecule has 0 saturated heterocycles. The highest BCUT2D eigenvalue weighted by Gasteiger charge is 2.35. The molecule has 0 spiro atoms. The van der Waals surface area contributed by atoms with Gasteiger partial charge in [0.25, 0.3) is 5.92 Å². The number of alkyl halides is 2. The van der Waals surface area contributed by atoms with Crippen LogP contribution in [-0.2, 0) is 10.7 Å². The lowest BCUT2D eigenvalue weighted by Crippen LogP contribution is -2.28. The number of carbonyl (C=O) groups excluding carboxylic acids is 1. The first-order valence-corrected chi connectivity index (χ1v) is 9.24. The molecule has 0 fully saturated rings. The molecule has 0 bridgehead atoms. The second-order valence-corrected chi connectivity index (χ2v) is 7.21. The van der Waals surface area contributed by atoms with Gasteiger partial charge in [-0.1, -0.05) is 37.6 Å². The molecule has 0 unspecified atom stereocenters. The van der Waals surface area contributed by atoms with Crippen LogP contribution >= 0.6 is 11.6 Å². The molecule has 2 aromatic rings. The van der Waals surface area contributed by atoms with Crippen LogP contribution < -0.4 is 10.1 Å². The van der Waals surface area contributed by atoms with E-state index in [-0.39, 0.29) is 34.2 Å². The van der Waals surface area contributed by atoms with Crippen molar-refractivity contribution < 1.29 is 18.3 Å². The normalized spacial score (nSPS) is 13.0. The van der Waals surface area contributed by atoms with Gasteiger partial charge in [0.15, 0.2) is 0 Å². The Bertz CT molecular complexity index is 852. The number of halogens is 3. The van der Waals surface area contributed by atoms with Gasteiger partial charge in [-0.25, -0.2) is 13.8 Å². The summed E-state index contributed by atoms with van der Waals surface area (Å²) >= 11 is 6.12. The van der Waals surface area contributed by atoms with E-state index in [2.05, 4.69) is 10.3 Å². The Kier molecular flexibility index (Phi) is 7.13. The highest BCUT2D eigenvalue weighted by molar-refractivity contribution is 6.32. The van der Waals surface area contributed by atoms with Gasteiger partial charge >= 0.3 is 0 Å². The maximum atomic E-state index is 14.1. The fourth-order valence-electron chi connectivity index (χ4n) is 2.41. The van der Waals surface area contributed by atoms with Gasteiger partial charge in [0.05, 0.1) is 5.02 Å². The van der Waals surface area contributed by atoms with E-state index in [4.69, 9.17) is 16.3 Å². The van der Waals surface area contributed by atoms with Crippen molar-refractivity contribution in [1.82, 2.24) is 10.3 Å². The van der Waals surface area contributed by atoms with Crippen molar-refractivity contribution in [3.8, 4) is 11.6 Å². The lowest BCUT2D eigenvalue weighted by Gasteiger charge is -2.21. The van der Waals surface area contributed by atoms with E-state index in [1.165, 1.54) is 39.0 Å². The molecule has 1 atom stereocenters. The van der Waals surface area contributed by atoms with Crippen LogP contribution in [0.4, 0.5) is 8.78 Å². The fourth-order valence-corrected chi connectivity index (χ4v) is 2.63. The zero-order valence-electron chi connectivity index (χ0n) is 16.2. The Morgan fingerprint density at radius 3 is 2.50 bits per heavy atom. The Labute approximate surface area is 168 Å². The number of rotatable bonds is 7. The zero-order chi connectivity index (χ0) is 20.9. The number of ether oxygens (including phenoxy) is 1. The molecule has 1 aromatic heterocycles. The van der Waals surface area contributed by atoms with Gasteiger partial charge in [0, 0.05) is 36.7 Å². The van der Waals surface area contributed by atoms with Crippen molar-refractivity contribution in [3.63, 3.8) is 0 Å². The summed E-state index contributed by atoms with van der Waals surface area (Å²) in [5.41, 5.74) is 0.671. The number of amides is 1. The van der Waals surface area contributed by atoms with Crippen molar-refractivity contribution >= 4 is 23.6 Å². The largest absolute Gasteiger partial charge is 0.437 e. The van der Waals surface area contributed by atoms with Gasteiger partial charge < -0.3 is 10.1 Å². The van der Waals surface area contributed by atoms with Gasteiger partial charge in [0.2, 0.25) is 11.8 Å². The first kappa shape index (κ1) is 21.8. The number of pyridine rings is 1. The van der Waals surface area contributed by atoms with E-state index in [0.717, 1.165) is 5.56 Å². The van der Waals surface area contributed by atoms with Gasteiger partial charge in [-0.15, -0.1) is 0 Å². The number of carbonyl (C=O) groups is 1. The van der Waals surface area contributed by atoms with Crippen LogP contribution in [0.1, 0.15) is 38.8 Å².